The molecule has 10 N–H and O–H groups in total. The number of aromatic hydroxyl groups is 1. The Kier molecular flexibility index (Phi) is 28.9. The molecule has 41 heteroatoms. The predicted molar refractivity (Wildman–Crippen MR) is 514 cm³/mol. The van der Waals surface area contributed by atoms with Crippen molar-refractivity contribution in [2.75, 3.05) is 62.3 Å². The first-order chi connectivity index (χ1) is 65.3. The second kappa shape index (κ2) is 41.0. The molecule has 0 radical (unpaired) electrons. The maximum Gasteiger partial charge on any atom is 0.292 e. The molecule has 0 fully saturated rings. The Morgan fingerprint density at radius 2 is 0.877 bits per heavy atom. The molecule has 1 aliphatic rings. The zero-order valence-corrected chi connectivity index (χ0v) is 77.5. The Hall–Kier alpha value is -16.7. The monoisotopic (exact) mass is 1890 g/mol. The Morgan fingerprint density at radius 3 is 1.46 bits per heavy atom. The van der Waals surface area contributed by atoms with Crippen molar-refractivity contribution in [1.29, 1.82) is 0 Å². The molecule has 15 rings (SSSR count). The van der Waals surface area contributed by atoms with Gasteiger partial charge < -0.3 is 103 Å². The van der Waals surface area contributed by atoms with Gasteiger partial charge >= 0.3 is 0 Å². The van der Waals surface area contributed by atoms with Crippen LogP contribution in [-0.2, 0) is 122 Å². The first-order valence-electron chi connectivity index (χ1n) is 43.7. The molecular weight excluding hydrogens is 1790 g/mol. The van der Waals surface area contributed by atoms with Crippen LogP contribution in [0, 0.1) is 0 Å². The maximum absolute atomic E-state index is 14.1. The van der Waals surface area contributed by atoms with Crippen molar-refractivity contribution in [3.8, 4) is 5.75 Å². The number of Topliss-reactive ketones (excluding diaryl/α,β-unsaturated/α-hetero) is 6. The van der Waals surface area contributed by atoms with Crippen LogP contribution in [0.25, 0.3) is 21.7 Å². The van der Waals surface area contributed by atoms with E-state index in [4.69, 9.17) is 11.6 Å². The van der Waals surface area contributed by atoms with Gasteiger partial charge in [-0.15, -0.1) is 11.6 Å². The van der Waals surface area contributed by atoms with Gasteiger partial charge in [-0.2, -0.15) is 0 Å². The van der Waals surface area contributed by atoms with E-state index in [1.807, 2.05) is 42.5 Å². The van der Waals surface area contributed by atoms with Gasteiger partial charge in [0.05, 0.1) is 51.9 Å². The molecular formula is C97H103ClN24O16. The third-order valence-corrected chi connectivity index (χ3v) is 23.9. The number of imidazole rings is 4. The van der Waals surface area contributed by atoms with Crippen LogP contribution in [0.3, 0.4) is 0 Å². The van der Waals surface area contributed by atoms with Crippen LogP contribution >= 0.6 is 11.6 Å². The van der Waals surface area contributed by atoms with E-state index in [0.717, 1.165) is 21.9 Å². The largest absolute Gasteiger partial charge is 0.507 e. The third-order valence-electron chi connectivity index (χ3n) is 23.5. The summed E-state index contributed by atoms with van der Waals surface area (Å²) in [6.07, 6.45) is 16.1. The van der Waals surface area contributed by atoms with Gasteiger partial charge in [-0.05, 0) is 101 Å². The number of benzene rings is 3. The number of hydrogen-bond acceptors (Lipinski definition) is 20. The van der Waals surface area contributed by atoms with Crippen LogP contribution in [0.4, 0.5) is 40.2 Å². The number of amides is 9. The maximum atomic E-state index is 14.1. The number of hydrogen-bond donors (Lipinski definition) is 10. The number of H-pyrrole nitrogens is 1. The molecule has 1 atom stereocenters. The first-order valence-corrected chi connectivity index (χ1v) is 44.3. The van der Waals surface area contributed by atoms with E-state index in [1.165, 1.54) is 86.0 Å². The van der Waals surface area contributed by atoms with Crippen molar-refractivity contribution in [3.05, 3.63) is 250 Å². The smallest absolute Gasteiger partial charge is 0.292 e. The van der Waals surface area contributed by atoms with Crippen LogP contribution in [0.15, 0.2) is 153 Å². The highest BCUT2D eigenvalue weighted by molar-refractivity contribution is 6.20. The van der Waals surface area contributed by atoms with Gasteiger partial charge in [0, 0.05) is 245 Å². The van der Waals surface area contributed by atoms with Gasteiger partial charge in [-0.25, -0.2) is 19.9 Å². The molecule has 3 aromatic carbocycles. The number of aryl methyl sites for hydroxylation is 10. The van der Waals surface area contributed by atoms with E-state index in [-0.39, 0.29) is 213 Å². The van der Waals surface area contributed by atoms with Crippen LogP contribution < -0.4 is 47.4 Å². The van der Waals surface area contributed by atoms with Crippen LogP contribution in [0.5, 0.6) is 5.75 Å². The minimum absolute atomic E-state index is 0. The molecule has 0 bridgehead atoms. The number of ketones is 6. The summed E-state index contributed by atoms with van der Waals surface area (Å²) in [5.74, 6) is -5.79. The molecule has 0 aliphatic carbocycles. The molecule has 714 valence electrons. The quantitative estimate of drug-likeness (QED) is 0.00972. The number of nitrogens with one attached hydrogen (secondary N) is 9. The lowest BCUT2D eigenvalue weighted by Gasteiger charge is -2.17. The Morgan fingerprint density at radius 1 is 0.406 bits per heavy atom. The summed E-state index contributed by atoms with van der Waals surface area (Å²) in [7, 11) is 16.3. The molecule has 40 nitrogen and oxygen atoms in total. The summed E-state index contributed by atoms with van der Waals surface area (Å²) in [5.41, 5.74) is 8.15. The lowest BCUT2D eigenvalue weighted by molar-refractivity contribution is -0.119. The number of carbonyl (C=O) groups excluding carboxylic acids is 15. The molecule has 14 aromatic rings. The Labute approximate surface area is 794 Å². The number of aromatic nitrogens is 15. The van der Waals surface area contributed by atoms with Crippen LogP contribution in [0.1, 0.15) is 208 Å². The Bertz CT molecular complexity index is 7280. The van der Waals surface area contributed by atoms with Crippen molar-refractivity contribution >= 4 is 161 Å². The normalized spacial score (nSPS) is 12.2. The fraction of sp³-hybridized carbons (Fsp3) is 0.289. The van der Waals surface area contributed by atoms with Crippen LogP contribution in [0.2, 0.25) is 0 Å². The topological polar surface area (TPSA) is 492 Å². The average Bonchev–Trinajstić information content (AvgIpc) is 1.58. The number of alkyl halides is 1. The number of phenolic OH excluding ortho intramolecular Hbond substituents is 1. The molecule has 0 spiro atoms. The summed E-state index contributed by atoms with van der Waals surface area (Å²) in [5, 5.41) is 34.5. The summed E-state index contributed by atoms with van der Waals surface area (Å²) in [6, 6.07) is 25.8. The number of phenols is 1. The summed E-state index contributed by atoms with van der Waals surface area (Å²) in [4.78, 5) is 222. The number of nitrogens with zero attached hydrogens (tertiary/aromatic N) is 15. The number of rotatable bonds is 39. The van der Waals surface area contributed by atoms with E-state index in [0.29, 0.717) is 85.5 Å². The van der Waals surface area contributed by atoms with E-state index in [1.54, 1.807) is 152 Å². The minimum Gasteiger partial charge on any atom is -0.507 e. The van der Waals surface area contributed by atoms with Crippen molar-refractivity contribution in [2.24, 2.45) is 70.5 Å². The molecule has 1 aliphatic heterocycles. The number of anilines is 7. The molecule has 9 amide bonds. The first kappa shape index (κ1) is 97.3. The Balaban J connectivity index is 0.0000152. The average molecular weight is 1900 g/mol. The standard InChI is InChI=1S/C96H99ClN24O16.CH4/c1-52(122)100-60-36-74(115(6)45-60)91(132)102-61-38-75(116(7)46-61)92(133)109-82-50-120(11)88(108-82)94(135)103-62-37-73(114(5)47-62)90(131)99-25-23-84(130)105-81-49-119(10)89(106-81)95(136)110-83-51-118(9)87(107-83)93(134)98-24-15-17-63(123)27-54-28-70(112(3)41-54)79(128)32-55-29-69(111(2)42-55)76(125)20-14-16-64(124)35-59-48-117(8)86(101-59)80(129)33-56-30-71(113(4)43-56)78(127)31-53-21-22-67-57(26-53)34-68(104-67)96(137)121-44-58(40-97)85-66-19-13-12-18-65(66)77(126)39-72(85)121;/h12-13,18-19,21-22,26,28-30,34,36-39,41-43,45-51,58,104,126H,14-17,20,23-25,27,31-33,35,40,44H2,1-11H3,(H,98,134)(H,99,131)(H,100,122)(H,102,132)(H,103,135)(H,105,130)(H,109,133)(H,110,136);1H4. The summed E-state index contributed by atoms with van der Waals surface area (Å²) in [6.45, 7) is 1.69. The molecule has 11 aromatic heterocycles. The summed E-state index contributed by atoms with van der Waals surface area (Å²) >= 11 is 6.45. The molecule has 12 heterocycles. The minimum atomic E-state index is -0.718. The number of halogens is 1. The van der Waals surface area contributed by atoms with Gasteiger partial charge in [0.1, 0.15) is 40.1 Å². The number of fused-ring (bicyclic) bond motifs is 4. The SMILES string of the molecule is C.CC(=O)Nc1cc(C(=O)Nc2cc(C(=O)Nc3cn(C)c(C(=O)Nc4cc(C(=O)NCCC(=O)Nc5cn(C)c(C(=O)Nc6cn(C)c(C(=O)NCCCC(=O)Cc7cc(C(=O)Cc8cc(C(=O)CCCC(=O)Cc9cn(C)c(C(=O)Cc%10cc(C(=O)Cc%11ccc%12[nH]c(C(=O)N%13CC(CCl)c%14c%13cc(O)c%13ccccc%14%13)cc%12c%11)n(C)c%10)n9)n(C)c8)n(C)c7)n6)n5)n(C)c4)n3)n(C)c2)n(C)c1. The molecule has 0 saturated carbocycles. The number of carbonyl (C=O) groups is 15. The van der Waals surface area contributed by atoms with Crippen molar-refractivity contribution in [3.63, 3.8) is 0 Å². The van der Waals surface area contributed by atoms with Gasteiger partial charge in [-0.1, -0.05) is 37.8 Å². The molecule has 138 heavy (non-hydrogen) atoms. The highest BCUT2D eigenvalue weighted by Crippen LogP contribution is 2.46. The highest BCUT2D eigenvalue weighted by Gasteiger charge is 2.37. The van der Waals surface area contributed by atoms with Crippen molar-refractivity contribution in [2.45, 2.75) is 90.9 Å². The number of aromatic amines is 1. The van der Waals surface area contributed by atoms with Crippen LogP contribution in [-0.4, -0.2) is 189 Å². The fourth-order valence-electron chi connectivity index (χ4n) is 17.1. The summed E-state index contributed by atoms with van der Waals surface area (Å²) < 4.78 is 15.2. The second-order valence-electron chi connectivity index (χ2n) is 34.2. The van der Waals surface area contributed by atoms with Gasteiger partial charge in [0.25, 0.3) is 41.4 Å². The van der Waals surface area contributed by atoms with Gasteiger partial charge in [0.2, 0.25) is 35.1 Å². The van der Waals surface area contributed by atoms with Gasteiger partial charge in [-0.3, -0.25) is 71.9 Å². The zero-order valence-electron chi connectivity index (χ0n) is 76.8. The molecule has 0 saturated heterocycles. The predicted octanol–water partition coefficient (Wildman–Crippen LogP) is 10.1. The second-order valence-corrected chi connectivity index (χ2v) is 34.5. The van der Waals surface area contributed by atoms with E-state index >= 15 is 0 Å². The van der Waals surface area contributed by atoms with Crippen molar-refractivity contribution in [1.82, 2.24) is 81.2 Å². The zero-order chi connectivity index (χ0) is 97.8. The fourth-order valence-corrected chi connectivity index (χ4v) is 17.3. The van der Waals surface area contributed by atoms with E-state index in [2.05, 4.69) is 67.5 Å². The van der Waals surface area contributed by atoms with E-state index < -0.39 is 41.4 Å². The highest BCUT2D eigenvalue weighted by atomic mass is 35.5. The lowest BCUT2D eigenvalue weighted by atomic mass is 9.95. The van der Waals surface area contributed by atoms with Crippen molar-refractivity contribution < 1.29 is 77.0 Å². The third kappa shape index (κ3) is 21.9. The van der Waals surface area contributed by atoms with E-state index in [9.17, 15) is 77.0 Å². The lowest BCUT2D eigenvalue weighted by Crippen LogP contribution is -2.30. The molecule has 1 unspecified atom stereocenters. The van der Waals surface area contributed by atoms with Gasteiger partial charge in [0.15, 0.2) is 40.6 Å².